The molecule has 0 aromatic heterocycles. The Labute approximate surface area is 122 Å². The number of rotatable bonds is 5. The van der Waals surface area contributed by atoms with Crippen molar-refractivity contribution in [2.75, 3.05) is 19.6 Å². The van der Waals surface area contributed by atoms with Crippen molar-refractivity contribution in [3.05, 3.63) is 0 Å². The second-order valence-corrected chi connectivity index (χ2v) is 6.75. The standard InChI is InChI=1S/C16H28N2O2/c1-2-18(12-8-9-12)16(20)11-17-10-4-6-14(17)13-5-3-7-15(13)19/h12-15,19H,2-11H2,1H3. The van der Waals surface area contributed by atoms with E-state index in [0.29, 0.717) is 30.5 Å². The Bertz CT molecular complexity index is 356. The molecule has 4 nitrogen and oxygen atoms in total. The van der Waals surface area contributed by atoms with Crippen molar-refractivity contribution in [1.82, 2.24) is 9.80 Å². The van der Waals surface area contributed by atoms with Gasteiger partial charge >= 0.3 is 0 Å². The number of aliphatic hydroxyl groups is 1. The zero-order valence-electron chi connectivity index (χ0n) is 12.6. The summed E-state index contributed by atoms with van der Waals surface area (Å²) in [5.74, 6) is 0.704. The summed E-state index contributed by atoms with van der Waals surface area (Å²) in [6.45, 7) is 4.52. The van der Waals surface area contributed by atoms with Crippen LogP contribution in [0.15, 0.2) is 0 Å². The third kappa shape index (κ3) is 2.86. The van der Waals surface area contributed by atoms with Gasteiger partial charge in [0.25, 0.3) is 0 Å². The zero-order valence-corrected chi connectivity index (χ0v) is 12.6. The molecule has 0 radical (unpaired) electrons. The van der Waals surface area contributed by atoms with Crippen LogP contribution in [-0.2, 0) is 4.79 Å². The minimum atomic E-state index is -0.138. The molecule has 3 atom stereocenters. The second-order valence-electron chi connectivity index (χ2n) is 6.75. The molecule has 3 fully saturated rings. The average molecular weight is 280 g/mol. The van der Waals surface area contributed by atoms with E-state index in [1.807, 2.05) is 0 Å². The van der Waals surface area contributed by atoms with E-state index in [1.165, 1.54) is 19.3 Å². The van der Waals surface area contributed by atoms with E-state index < -0.39 is 0 Å². The molecule has 0 aromatic carbocycles. The first-order chi connectivity index (χ1) is 9.70. The number of carbonyl (C=O) groups is 1. The van der Waals surface area contributed by atoms with Gasteiger partial charge in [0.1, 0.15) is 0 Å². The summed E-state index contributed by atoms with van der Waals surface area (Å²) in [5, 5.41) is 10.1. The highest BCUT2D eigenvalue weighted by atomic mass is 16.3. The van der Waals surface area contributed by atoms with Crippen LogP contribution in [0.25, 0.3) is 0 Å². The third-order valence-electron chi connectivity index (χ3n) is 5.43. The summed E-state index contributed by atoms with van der Waals surface area (Å²) in [7, 11) is 0. The van der Waals surface area contributed by atoms with E-state index in [1.54, 1.807) is 0 Å². The van der Waals surface area contributed by atoms with Crippen molar-refractivity contribution in [3.8, 4) is 0 Å². The van der Waals surface area contributed by atoms with Gasteiger partial charge in [-0.1, -0.05) is 6.42 Å². The predicted molar refractivity (Wildman–Crippen MR) is 78.4 cm³/mol. The van der Waals surface area contributed by atoms with Crippen molar-refractivity contribution >= 4 is 5.91 Å². The van der Waals surface area contributed by atoms with Crippen LogP contribution in [0.3, 0.4) is 0 Å². The Balaban J connectivity index is 1.59. The Morgan fingerprint density at radius 1 is 1.20 bits per heavy atom. The van der Waals surface area contributed by atoms with Crippen molar-refractivity contribution in [2.24, 2.45) is 5.92 Å². The first-order valence-electron chi connectivity index (χ1n) is 8.42. The normalized spacial score (nSPS) is 34.6. The monoisotopic (exact) mass is 280 g/mol. The van der Waals surface area contributed by atoms with Crippen LogP contribution in [-0.4, -0.2) is 58.6 Å². The first-order valence-corrected chi connectivity index (χ1v) is 8.42. The van der Waals surface area contributed by atoms with Crippen LogP contribution in [0, 0.1) is 5.92 Å². The van der Waals surface area contributed by atoms with Crippen LogP contribution < -0.4 is 0 Å². The molecule has 3 aliphatic rings. The molecule has 2 saturated carbocycles. The summed E-state index contributed by atoms with van der Waals surface area (Å²) >= 11 is 0. The van der Waals surface area contributed by atoms with Crippen LogP contribution in [0.1, 0.15) is 51.9 Å². The Kier molecular flexibility index (Phi) is 4.32. The molecule has 3 unspecified atom stereocenters. The van der Waals surface area contributed by atoms with Gasteiger partial charge in [0.2, 0.25) is 5.91 Å². The molecule has 1 heterocycles. The number of amides is 1. The van der Waals surface area contributed by atoms with E-state index in [-0.39, 0.29) is 6.10 Å². The molecule has 2 aliphatic carbocycles. The van der Waals surface area contributed by atoms with E-state index in [4.69, 9.17) is 0 Å². The summed E-state index contributed by atoms with van der Waals surface area (Å²) in [4.78, 5) is 16.9. The highest BCUT2D eigenvalue weighted by molar-refractivity contribution is 5.79. The molecule has 1 N–H and O–H groups in total. The van der Waals surface area contributed by atoms with Crippen LogP contribution in [0.5, 0.6) is 0 Å². The van der Waals surface area contributed by atoms with Gasteiger partial charge in [0, 0.05) is 24.5 Å². The first kappa shape index (κ1) is 14.3. The number of nitrogens with zero attached hydrogens (tertiary/aromatic N) is 2. The van der Waals surface area contributed by atoms with Crippen molar-refractivity contribution < 1.29 is 9.90 Å². The Hall–Kier alpha value is -0.610. The number of likely N-dealkylation sites (tertiary alicyclic amines) is 1. The van der Waals surface area contributed by atoms with E-state index >= 15 is 0 Å². The lowest BCUT2D eigenvalue weighted by molar-refractivity contribution is -0.133. The van der Waals surface area contributed by atoms with E-state index in [9.17, 15) is 9.90 Å². The SMILES string of the molecule is CCN(C(=O)CN1CCCC1C1CCCC1O)C1CC1. The molecular weight excluding hydrogens is 252 g/mol. The summed E-state index contributed by atoms with van der Waals surface area (Å²) in [6.07, 6.45) is 7.80. The fraction of sp³-hybridized carbons (Fsp3) is 0.938. The fourth-order valence-electron chi connectivity index (χ4n) is 4.24. The lowest BCUT2D eigenvalue weighted by Gasteiger charge is -2.32. The summed E-state index contributed by atoms with van der Waals surface area (Å²) in [5.41, 5.74) is 0. The van der Waals surface area contributed by atoms with Crippen molar-refractivity contribution in [3.63, 3.8) is 0 Å². The van der Waals surface area contributed by atoms with Crippen LogP contribution in [0.4, 0.5) is 0 Å². The minimum Gasteiger partial charge on any atom is -0.393 e. The molecule has 0 spiro atoms. The van der Waals surface area contributed by atoms with E-state index in [2.05, 4.69) is 16.7 Å². The minimum absolute atomic E-state index is 0.138. The van der Waals surface area contributed by atoms with Crippen LogP contribution in [0.2, 0.25) is 0 Å². The molecule has 0 aromatic rings. The maximum Gasteiger partial charge on any atom is 0.236 e. The van der Waals surface area contributed by atoms with Crippen LogP contribution >= 0.6 is 0 Å². The topological polar surface area (TPSA) is 43.8 Å². The highest BCUT2D eigenvalue weighted by Gasteiger charge is 2.40. The summed E-state index contributed by atoms with van der Waals surface area (Å²) < 4.78 is 0. The van der Waals surface area contributed by atoms with Crippen molar-refractivity contribution in [2.45, 2.75) is 70.1 Å². The highest BCUT2D eigenvalue weighted by Crippen LogP contribution is 2.36. The van der Waals surface area contributed by atoms with Gasteiger partial charge in [-0.05, 0) is 52.0 Å². The van der Waals surface area contributed by atoms with Gasteiger partial charge in [0.15, 0.2) is 0 Å². The molecule has 114 valence electrons. The molecule has 1 amide bonds. The van der Waals surface area contributed by atoms with E-state index in [0.717, 1.165) is 38.8 Å². The molecule has 1 saturated heterocycles. The molecule has 0 bridgehead atoms. The summed E-state index contributed by atoms with van der Waals surface area (Å²) in [6, 6.07) is 0.958. The lowest BCUT2D eigenvalue weighted by Crippen LogP contribution is -2.46. The van der Waals surface area contributed by atoms with Gasteiger partial charge in [-0.3, -0.25) is 9.69 Å². The van der Waals surface area contributed by atoms with Crippen molar-refractivity contribution in [1.29, 1.82) is 0 Å². The maximum absolute atomic E-state index is 12.5. The predicted octanol–water partition coefficient (Wildman–Crippen LogP) is 1.62. The largest absolute Gasteiger partial charge is 0.393 e. The van der Waals surface area contributed by atoms with Gasteiger partial charge in [0.05, 0.1) is 12.6 Å². The maximum atomic E-state index is 12.5. The van der Waals surface area contributed by atoms with Gasteiger partial charge in [-0.25, -0.2) is 0 Å². The third-order valence-corrected chi connectivity index (χ3v) is 5.43. The molecule has 20 heavy (non-hydrogen) atoms. The number of hydrogen-bond donors (Lipinski definition) is 1. The average Bonchev–Trinajstić information content (AvgIpc) is 3.00. The Morgan fingerprint density at radius 2 is 2.00 bits per heavy atom. The molecular formula is C16H28N2O2. The van der Waals surface area contributed by atoms with Gasteiger partial charge < -0.3 is 10.0 Å². The quantitative estimate of drug-likeness (QED) is 0.832. The smallest absolute Gasteiger partial charge is 0.236 e. The Morgan fingerprint density at radius 3 is 2.60 bits per heavy atom. The lowest BCUT2D eigenvalue weighted by atomic mass is 9.94. The number of aliphatic hydroxyl groups excluding tert-OH is 1. The molecule has 1 aliphatic heterocycles. The number of hydrogen-bond acceptors (Lipinski definition) is 3. The van der Waals surface area contributed by atoms with Gasteiger partial charge in [-0.2, -0.15) is 0 Å². The fourth-order valence-corrected chi connectivity index (χ4v) is 4.24. The number of carbonyl (C=O) groups excluding carboxylic acids is 1. The molecule has 3 rings (SSSR count). The number of likely N-dealkylation sites (N-methyl/N-ethyl adjacent to an activating group) is 1. The van der Waals surface area contributed by atoms with Gasteiger partial charge in [-0.15, -0.1) is 0 Å². The zero-order chi connectivity index (χ0) is 14.1. The second kappa shape index (κ2) is 6.02. The molecule has 4 heteroatoms.